The molecular formula is C19H29N7O. The number of aromatic amines is 1. The summed E-state index contributed by atoms with van der Waals surface area (Å²) in [5, 5.41) is 12.1. The lowest BCUT2D eigenvalue weighted by molar-refractivity contribution is -0.132. The predicted molar refractivity (Wildman–Crippen MR) is 101 cm³/mol. The number of nitrogens with one attached hydrogen (secondary N) is 1. The number of carbonyl (C=O) groups excluding carboxylic acids is 1. The molecule has 2 aromatic heterocycles. The molecule has 1 fully saturated rings. The molecule has 0 unspecified atom stereocenters. The topological polar surface area (TPSA) is 106 Å². The summed E-state index contributed by atoms with van der Waals surface area (Å²) in [5.41, 5.74) is 10.0. The van der Waals surface area contributed by atoms with Gasteiger partial charge in [0.2, 0.25) is 5.91 Å². The molecule has 3 heterocycles. The van der Waals surface area contributed by atoms with Gasteiger partial charge in [0.25, 0.3) is 0 Å². The molecule has 1 aliphatic heterocycles. The molecule has 4 rings (SSSR count). The zero-order valence-corrected chi connectivity index (χ0v) is 16.4. The second-order valence-corrected chi connectivity index (χ2v) is 8.17. The largest absolute Gasteiger partial charge is 0.340 e. The molecule has 1 saturated carbocycles. The van der Waals surface area contributed by atoms with Crippen molar-refractivity contribution in [3.05, 3.63) is 28.6 Å². The summed E-state index contributed by atoms with van der Waals surface area (Å²) < 4.78 is 1.68. The quantitative estimate of drug-likeness (QED) is 0.828. The Morgan fingerprint density at radius 3 is 2.74 bits per heavy atom. The Morgan fingerprint density at radius 2 is 2.04 bits per heavy atom. The molecular weight excluding hydrogens is 342 g/mol. The lowest BCUT2D eigenvalue weighted by atomic mass is 10.1. The van der Waals surface area contributed by atoms with Gasteiger partial charge in [0, 0.05) is 31.1 Å². The van der Waals surface area contributed by atoms with Crippen LogP contribution in [-0.4, -0.2) is 48.9 Å². The summed E-state index contributed by atoms with van der Waals surface area (Å²) in [6.45, 7) is 7.56. The Morgan fingerprint density at radius 1 is 1.30 bits per heavy atom. The highest BCUT2D eigenvalue weighted by molar-refractivity contribution is 5.76. The lowest BCUT2D eigenvalue weighted by Gasteiger charge is -2.22. The molecule has 2 aliphatic rings. The van der Waals surface area contributed by atoms with Gasteiger partial charge in [-0.3, -0.25) is 9.89 Å². The Kier molecular flexibility index (Phi) is 4.75. The predicted octanol–water partition coefficient (Wildman–Crippen LogP) is 1.47. The molecule has 0 spiro atoms. The Bertz CT molecular complexity index is 833. The van der Waals surface area contributed by atoms with Crippen LogP contribution in [0.15, 0.2) is 0 Å². The molecule has 27 heavy (non-hydrogen) atoms. The zero-order chi connectivity index (χ0) is 19.1. The van der Waals surface area contributed by atoms with E-state index in [2.05, 4.69) is 34.1 Å². The summed E-state index contributed by atoms with van der Waals surface area (Å²) in [4.78, 5) is 19.3. The van der Waals surface area contributed by atoms with Gasteiger partial charge in [0.05, 0.1) is 11.7 Å². The fourth-order valence-electron chi connectivity index (χ4n) is 3.81. The maximum absolute atomic E-state index is 12.9. The van der Waals surface area contributed by atoms with Crippen molar-refractivity contribution in [3.63, 3.8) is 0 Å². The van der Waals surface area contributed by atoms with Gasteiger partial charge < -0.3 is 10.6 Å². The van der Waals surface area contributed by atoms with Gasteiger partial charge in [0.15, 0.2) is 0 Å². The van der Waals surface area contributed by atoms with Gasteiger partial charge >= 0.3 is 0 Å². The van der Waals surface area contributed by atoms with E-state index in [1.165, 1.54) is 29.8 Å². The average Bonchev–Trinajstić information content (AvgIpc) is 3.35. The minimum atomic E-state index is -0.227. The monoisotopic (exact) mass is 371 g/mol. The third-order valence-corrected chi connectivity index (χ3v) is 5.67. The number of nitrogens with two attached hydrogens (primary N) is 1. The first kappa shape index (κ1) is 18.2. The van der Waals surface area contributed by atoms with Crippen molar-refractivity contribution in [2.45, 2.75) is 65.0 Å². The molecule has 0 aromatic carbocycles. The number of carbonyl (C=O) groups is 1. The first-order chi connectivity index (χ1) is 12.9. The van der Waals surface area contributed by atoms with Crippen molar-refractivity contribution in [2.75, 3.05) is 13.1 Å². The molecule has 1 atom stereocenters. The number of fused-ring (bicyclic) bond motifs is 1. The summed E-state index contributed by atoms with van der Waals surface area (Å²) in [6.07, 6.45) is 4.18. The molecule has 8 nitrogen and oxygen atoms in total. The molecule has 8 heteroatoms. The first-order valence-corrected chi connectivity index (χ1v) is 9.94. The highest BCUT2D eigenvalue weighted by Gasteiger charge is 2.32. The number of rotatable bonds is 5. The van der Waals surface area contributed by atoms with Gasteiger partial charge in [0.1, 0.15) is 18.2 Å². The third-order valence-electron chi connectivity index (χ3n) is 5.67. The fraction of sp³-hybridized carbons (Fsp3) is 0.684. The average molecular weight is 371 g/mol. The van der Waals surface area contributed by atoms with Crippen LogP contribution < -0.4 is 5.73 Å². The summed E-state index contributed by atoms with van der Waals surface area (Å²) >= 11 is 0. The van der Waals surface area contributed by atoms with Crippen LogP contribution in [0.25, 0.3) is 0 Å². The van der Waals surface area contributed by atoms with Gasteiger partial charge in [-0.15, -0.1) is 0 Å². The Hall–Kier alpha value is -2.22. The molecule has 3 N–H and O–H groups in total. The lowest BCUT2D eigenvalue weighted by Crippen LogP contribution is -2.37. The SMILES string of the molecule is Cc1nc([C@@H](N)C(C)C)n(CC(=O)N2CCc3[nH]nc(C4CC4)c3CC2)n1. The summed E-state index contributed by atoms with van der Waals surface area (Å²) in [6, 6.07) is -0.227. The molecule has 2 aromatic rings. The molecule has 146 valence electrons. The summed E-state index contributed by atoms with van der Waals surface area (Å²) in [7, 11) is 0. The maximum Gasteiger partial charge on any atom is 0.244 e. The van der Waals surface area contributed by atoms with Crippen LogP contribution in [0.5, 0.6) is 0 Å². The number of hydrogen-bond donors (Lipinski definition) is 2. The smallest absolute Gasteiger partial charge is 0.244 e. The highest BCUT2D eigenvalue weighted by atomic mass is 16.2. The van der Waals surface area contributed by atoms with Gasteiger partial charge in [-0.2, -0.15) is 10.2 Å². The van der Waals surface area contributed by atoms with E-state index in [9.17, 15) is 4.79 Å². The number of hydrogen-bond acceptors (Lipinski definition) is 5. The van der Waals surface area contributed by atoms with E-state index in [0.29, 0.717) is 24.1 Å². The zero-order valence-electron chi connectivity index (χ0n) is 16.4. The van der Waals surface area contributed by atoms with Crippen LogP contribution in [0.4, 0.5) is 0 Å². The Balaban J connectivity index is 1.45. The highest BCUT2D eigenvalue weighted by Crippen LogP contribution is 2.41. The minimum absolute atomic E-state index is 0.0724. The third kappa shape index (κ3) is 3.63. The van der Waals surface area contributed by atoms with E-state index >= 15 is 0 Å². The van der Waals surface area contributed by atoms with Crippen LogP contribution >= 0.6 is 0 Å². The number of H-pyrrole nitrogens is 1. The van der Waals surface area contributed by atoms with Crippen molar-refractivity contribution < 1.29 is 4.79 Å². The van der Waals surface area contributed by atoms with E-state index in [1.54, 1.807) is 4.68 Å². The van der Waals surface area contributed by atoms with Gasteiger partial charge in [-0.1, -0.05) is 13.8 Å². The number of aryl methyl sites for hydroxylation is 1. The van der Waals surface area contributed by atoms with Crippen LogP contribution in [0.2, 0.25) is 0 Å². The molecule has 1 amide bonds. The van der Waals surface area contributed by atoms with Crippen molar-refractivity contribution in [1.82, 2.24) is 29.9 Å². The normalized spacial score (nSPS) is 18.5. The number of aromatic nitrogens is 5. The fourth-order valence-corrected chi connectivity index (χ4v) is 3.81. The van der Waals surface area contributed by atoms with E-state index in [4.69, 9.17) is 5.73 Å². The van der Waals surface area contributed by atoms with Gasteiger partial charge in [-0.05, 0) is 37.7 Å². The van der Waals surface area contributed by atoms with E-state index in [-0.39, 0.29) is 24.4 Å². The standard InChI is InChI=1S/C19H29N7O/c1-11(2)17(20)19-21-12(3)24-26(19)10-16(27)25-8-6-14-15(7-9-25)22-23-18(14)13-4-5-13/h11,13,17H,4-10,20H2,1-3H3,(H,22,23)/t17-/m0/s1. The second kappa shape index (κ2) is 7.07. The van der Waals surface area contributed by atoms with E-state index in [1.807, 2.05) is 11.8 Å². The van der Waals surface area contributed by atoms with Crippen molar-refractivity contribution in [1.29, 1.82) is 0 Å². The minimum Gasteiger partial charge on any atom is -0.340 e. The molecule has 0 bridgehead atoms. The van der Waals surface area contributed by atoms with Crippen molar-refractivity contribution >= 4 is 5.91 Å². The Labute approximate surface area is 159 Å². The second-order valence-electron chi connectivity index (χ2n) is 8.17. The van der Waals surface area contributed by atoms with E-state index in [0.717, 1.165) is 19.4 Å². The molecule has 1 aliphatic carbocycles. The number of nitrogens with zero attached hydrogens (tertiary/aromatic N) is 5. The summed E-state index contributed by atoms with van der Waals surface area (Å²) in [5.74, 6) is 2.28. The molecule has 0 saturated heterocycles. The number of amides is 1. The van der Waals surface area contributed by atoms with Crippen molar-refractivity contribution in [2.24, 2.45) is 11.7 Å². The van der Waals surface area contributed by atoms with Crippen molar-refractivity contribution in [3.8, 4) is 0 Å². The van der Waals surface area contributed by atoms with E-state index < -0.39 is 0 Å². The first-order valence-electron chi connectivity index (χ1n) is 9.94. The van der Waals surface area contributed by atoms with Crippen LogP contribution in [0, 0.1) is 12.8 Å². The maximum atomic E-state index is 12.9. The van der Waals surface area contributed by atoms with Crippen LogP contribution in [-0.2, 0) is 24.2 Å². The van der Waals surface area contributed by atoms with Gasteiger partial charge in [-0.25, -0.2) is 9.67 Å². The van der Waals surface area contributed by atoms with Crippen LogP contribution in [0.1, 0.15) is 67.2 Å². The molecule has 0 radical (unpaired) electrons. The van der Waals surface area contributed by atoms with Crippen LogP contribution in [0.3, 0.4) is 0 Å².